The van der Waals surface area contributed by atoms with Crippen LogP contribution >= 0.6 is 0 Å². The molecular weight excluding hydrogens is 304 g/mol. The number of amides is 2. The lowest BCUT2D eigenvalue weighted by Gasteiger charge is -2.31. The quantitative estimate of drug-likeness (QED) is 0.942. The van der Waals surface area contributed by atoms with Crippen molar-refractivity contribution in [1.82, 2.24) is 24.5 Å². The van der Waals surface area contributed by atoms with Gasteiger partial charge in [0.15, 0.2) is 5.82 Å². The lowest BCUT2D eigenvalue weighted by molar-refractivity contribution is 0.180. The Bertz CT molecular complexity index is 736. The van der Waals surface area contributed by atoms with E-state index in [2.05, 4.69) is 28.6 Å². The number of urea groups is 1. The van der Waals surface area contributed by atoms with Crippen LogP contribution in [0.1, 0.15) is 49.0 Å². The van der Waals surface area contributed by atoms with E-state index in [1.165, 1.54) is 18.4 Å². The Hall–Kier alpha value is -2.31. The smallest absolute Gasteiger partial charge is 0.323 e. The molecule has 2 aromatic rings. The molecule has 0 radical (unpaired) electrons. The fourth-order valence-electron chi connectivity index (χ4n) is 3.39. The number of piperidine rings is 1. The van der Waals surface area contributed by atoms with Gasteiger partial charge in [0, 0.05) is 31.0 Å². The highest BCUT2D eigenvalue weighted by molar-refractivity contribution is 5.88. The first-order valence-electron chi connectivity index (χ1n) is 8.73. The Kier molecular flexibility index (Phi) is 3.78. The van der Waals surface area contributed by atoms with Gasteiger partial charge < -0.3 is 4.90 Å². The van der Waals surface area contributed by atoms with E-state index in [0.717, 1.165) is 31.6 Å². The minimum atomic E-state index is -0.0504. The summed E-state index contributed by atoms with van der Waals surface area (Å²) in [5.41, 5.74) is 2.29. The molecule has 7 nitrogen and oxygen atoms in total. The van der Waals surface area contributed by atoms with Crippen LogP contribution in [0.25, 0.3) is 0 Å². The summed E-state index contributed by atoms with van der Waals surface area (Å²) in [6, 6.07) is 2.82. The van der Waals surface area contributed by atoms with Crippen LogP contribution in [0.5, 0.6) is 0 Å². The number of carbonyl (C=O) groups excluding carboxylic acids is 1. The number of hydrogen-bond acceptors (Lipinski definition) is 3. The van der Waals surface area contributed by atoms with Crippen molar-refractivity contribution in [2.45, 2.75) is 51.6 Å². The van der Waals surface area contributed by atoms with Gasteiger partial charge in [0.2, 0.25) is 0 Å². The van der Waals surface area contributed by atoms with Crippen LogP contribution in [-0.2, 0) is 0 Å². The van der Waals surface area contributed by atoms with Crippen LogP contribution in [0.4, 0.5) is 10.6 Å². The summed E-state index contributed by atoms with van der Waals surface area (Å²) in [6.45, 7) is 5.59. The van der Waals surface area contributed by atoms with Crippen LogP contribution in [0.3, 0.4) is 0 Å². The fraction of sp³-hybridized carbons (Fsp3) is 0.588. The molecule has 128 valence electrons. The van der Waals surface area contributed by atoms with E-state index in [0.29, 0.717) is 17.9 Å². The first-order valence-corrected chi connectivity index (χ1v) is 8.73. The zero-order valence-electron chi connectivity index (χ0n) is 14.3. The minimum Gasteiger partial charge on any atom is -0.324 e. The maximum Gasteiger partial charge on any atom is 0.323 e. The molecule has 1 N–H and O–H groups in total. The maximum atomic E-state index is 12.5. The highest BCUT2D eigenvalue weighted by Gasteiger charge is 2.27. The predicted octanol–water partition coefficient (Wildman–Crippen LogP) is 2.90. The molecule has 0 aromatic carbocycles. The molecule has 2 aliphatic rings. The van der Waals surface area contributed by atoms with Crippen molar-refractivity contribution >= 4 is 11.8 Å². The molecule has 1 saturated heterocycles. The zero-order chi connectivity index (χ0) is 16.7. The molecule has 0 atom stereocenters. The van der Waals surface area contributed by atoms with E-state index in [4.69, 9.17) is 0 Å². The van der Waals surface area contributed by atoms with Gasteiger partial charge in [-0.3, -0.25) is 14.7 Å². The molecule has 7 heteroatoms. The maximum absolute atomic E-state index is 12.5. The van der Waals surface area contributed by atoms with Gasteiger partial charge in [0.1, 0.15) is 0 Å². The van der Waals surface area contributed by atoms with Crippen molar-refractivity contribution < 1.29 is 4.79 Å². The lowest BCUT2D eigenvalue weighted by Crippen LogP contribution is -2.41. The summed E-state index contributed by atoms with van der Waals surface area (Å²) < 4.78 is 4.06. The van der Waals surface area contributed by atoms with E-state index < -0.39 is 0 Å². The van der Waals surface area contributed by atoms with Gasteiger partial charge >= 0.3 is 6.03 Å². The van der Waals surface area contributed by atoms with Crippen LogP contribution in [0.2, 0.25) is 0 Å². The Morgan fingerprint density at radius 2 is 1.92 bits per heavy atom. The Morgan fingerprint density at radius 3 is 2.54 bits per heavy atom. The number of aromatic nitrogens is 4. The lowest BCUT2D eigenvalue weighted by atomic mass is 10.1. The number of likely N-dealkylation sites (tertiary alicyclic amines) is 1. The molecule has 0 spiro atoms. The molecule has 3 heterocycles. The second-order valence-electron chi connectivity index (χ2n) is 6.99. The van der Waals surface area contributed by atoms with Crippen molar-refractivity contribution in [1.29, 1.82) is 0 Å². The SMILES string of the molecule is Cc1cnn(C2CCN(C(=O)Nc3cc(C)n(C4CC4)n3)CC2)c1. The third kappa shape index (κ3) is 3.02. The van der Waals surface area contributed by atoms with Gasteiger partial charge in [0.05, 0.1) is 18.3 Å². The number of rotatable bonds is 3. The normalized spacial score (nSPS) is 18.8. The standard InChI is InChI=1S/C17H24N6O/c1-12-10-18-22(11-12)14-5-7-21(8-6-14)17(24)19-16-9-13(2)23(20-16)15-3-4-15/h9-11,14-15H,3-8H2,1-2H3,(H,19,20,24). The number of anilines is 1. The van der Waals surface area contributed by atoms with Crippen molar-refractivity contribution in [3.8, 4) is 0 Å². The molecule has 1 aliphatic heterocycles. The molecule has 4 rings (SSSR count). The molecule has 2 amide bonds. The monoisotopic (exact) mass is 328 g/mol. The summed E-state index contributed by atoms with van der Waals surface area (Å²) in [6.07, 6.45) is 8.21. The van der Waals surface area contributed by atoms with E-state index in [9.17, 15) is 4.79 Å². The minimum absolute atomic E-state index is 0.0504. The van der Waals surface area contributed by atoms with Crippen molar-refractivity contribution in [3.63, 3.8) is 0 Å². The first-order chi connectivity index (χ1) is 11.6. The largest absolute Gasteiger partial charge is 0.324 e. The Morgan fingerprint density at radius 1 is 1.17 bits per heavy atom. The van der Waals surface area contributed by atoms with E-state index >= 15 is 0 Å². The third-order valence-electron chi connectivity index (χ3n) is 4.91. The average molecular weight is 328 g/mol. The number of nitrogens with zero attached hydrogens (tertiary/aromatic N) is 5. The van der Waals surface area contributed by atoms with Crippen LogP contribution in [0, 0.1) is 13.8 Å². The highest BCUT2D eigenvalue weighted by Crippen LogP contribution is 2.35. The van der Waals surface area contributed by atoms with Crippen molar-refractivity contribution in [2.24, 2.45) is 0 Å². The second-order valence-corrected chi connectivity index (χ2v) is 6.99. The van der Waals surface area contributed by atoms with Gasteiger partial charge in [-0.05, 0) is 45.1 Å². The molecule has 0 bridgehead atoms. The molecule has 1 saturated carbocycles. The summed E-state index contributed by atoms with van der Waals surface area (Å²) in [5, 5.41) is 11.9. The van der Waals surface area contributed by atoms with E-state index in [1.54, 1.807) is 0 Å². The van der Waals surface area contributed by atoms with Crippen LogP contribution in [0.15, 0.2) is 18.5 Å². The molecule has 2 aromatic heterocycles. The summed E-state index contributed by atoms with van der Waals surface area (Å²) >= 11 is 0. The number of carbonyl (C=O) groups is 1. The average Bonchev–Trinajstić information content (AvgIpc) is 3.22. The van der Waals surface area contributed by atoms with Gasteiger partial charge in [-0.25, -0.2) is 4.79 Å². The van der Waals surface area contributed by atoms with Crippen LogP contribution < -0.4 is 5.32 Å². The number of aryl methyl sites for hydroxylation is 2. The van der Waals surface area contributed by atoms with Crippen molar-refractivity contribution in [2.75, 3.05) is 18.4 Å². The summed E-state index contributed by atoms with van der Waals surface area (Å²) in [5.74, 6) is 0.661. The Balaban J connectivity index is 1.33. The van der Waals surface area contributed by atoms with Gasteiger partial charge in [0.25, 0.3) is 0 Å². The topological polar surface area (TPSA) is 68.0 Å². The molecular formula is C17H24N6O. The molecule has 2 fully saturated rings. The molecule has 1 aliphatic carbocycles. The third-order valence-corrected chi connectivity index (χ3v) is 4.91. The zero-order valence-corrected chi connectivity index (χ0v) is 14.3. The van der Waals surface area contributed by atoms with E-state index in [1.807, 2.05) is 33.5 Å². The fourth-order valence-corrected chi connectivity index (χ4v) is 3.39. The summed E-state index contributed by atoms with van der Waals surface area (Å²) in [4.78, 5) is 14.3. The van der Waals surface area contributed by atoms with E-state index in [-0.39, 0.29) is 6.03 Å². The Labute approximate surface area is 141 Å². The highest BCUT2D eigenvalue weighted by atomic mass is 16.2. The number of hydrogen-bond donors (Lipinski definition) is 1. The second kappa shape index (κ2) is 5.96. The summed E-state index contributed by atoms with van der Waals surface area (Å²) in [7, 11) is 0. The first kappa shape index (κ1) is 15.2. The van der Waals surface area contributed by atoms with Gasteiger partial charge in [-0.15, -0.1) is 0 Å². The van der Waals surface area contributed by atoms with Gasteiger partial charge in [-0.1, -0.05) is 0 Å². The number of nitrogens with one attached hydrogen (secondary N) is 1. The predicted molar refractivity (Wildman–Crippen MR) is 91.1 cm³/mol. The molecule has 24 heavy (non-hydrogen) atoms. The van der Waals surface area contributed by atoms with Gasteiger partial charge in [-0.2, -0.15) is 10.2 Å². The molecule has 0 unspecified atom stereocenters. The van der Waals surface area contributed by atoms with Crippen LogP contribution in [-0.4, -0.2) is 43.6 Å². The van der Waals surface area contributed by atoms with Crippen molar-refractivity contribution in [3.05, 3.63) is 29.7 Å².